The highest BCUT2D eigenvalue weighted by Crippen LogP contribution is 2.29. The van der Waals surface area contributed by atoms with Crippen LogP contribution >= 0.6 is 22.6 Å². The van der Waals surface area contributed by atoms with E-state index in [1.54, 1.807) is 6.92 Å². The molecule has 6 heteroatoms. The van der Waals surface area contributed by atoms with Gasteiger partial charge in [0.25, 0.3) is 5.69 Å². The van der Waals surface area contributed by atoms with Crippen LogP contribution in [0.25, 0.3) is 22.6 Å². The molecule has 0 fully saturated rings. The number of aromatic nitrogens is 1. The van der Waals surface area contributed by atoms with Gasteiger partial charge in [0.05, 0.1) is 4.92 Å². The molecule has 0 aliphatic carbocycles. The van der Waals surface area contributed by atoms with Gasteiger partial charge in [-0.25, -0.2) is 4.98 Å². The summed E-state index contributed by atoms with van der Waals surface area (Å²) in [5.74, 6) is 0.472. The van der Waals surface area contributed by atoms with Crippen molar-refractivity contribution in [1.29, 1.82) is 0 Å². The lowest BCUT2D eigenvalue weighted by Crippen LogP contribution is -1.88. The van der Waals surface area contributed by atoms with E-state index >= 15 is 0 Å². The second kappa shape index (κ2) is 4.86. The molecule has 100 valence electrons. The zero-order valence-corrected chi connectivity index (χ0v) is 12.6. The number of oxazole rings is 1. The number of benzene rings is 2. The zero-order valence-electron chi connectivity index (χ0n) is 10.5. The molecule has 2 aromatic carbocycles. The van der Waals surface area contributed by atoms with Gasteiger partial charge in [-0.2, -0.15) is 0 Å². The van der Waals surface area contributed by atoms with Gasteiger partial charge in [-0.15, -0.1) is 0 Å². The second-order valence-corrected chi connectivity index (χ2v) is 5.64. The van der Waals surface area contributed by atoms with Gasteiger partial charge in [0, 0.05) is 26.8 Å². The normalized spacial score (nSPS) is 10.9. The maximum atomic E-state index is 10.9. The molecule has 0 unspecified atom stereocenters. The van der Waals surface area contributed by atoms with Gasteiger partial charge >= 0.3 is 0 Å². The number of nitro groups is 1. The van der Waals surface area contributed by atoms with Crippen molar-refractivity contribution in [3.05, 3.63) is 55.6 Å². The highest BCUT2D eigenvalue weighted by Gasteiger charge is 2.15. The quantitative estimate of drug-likeness (QED) is 0.377. The summed E-state index contributed by atoms with van der Waals surface area (Å²) in [5.41, 5.74) is 2.67. The molecule has 20 heavy (non-hydrogen) atoms. The fourth-order valence-corrected chi connectivity index (χ4v) is 2.36. The Balaban J connectivity index is 2.17. The van der Waals surface area contributed by atoms with E-state index in [4.69, 9.17) is 4.42 Å². The summed E-state index contributed by atoms with van der Waals surface area (Å²) in [7, 11) is 0. The third-order valence-corrected chi connectivity index (χ3v) is 3.68. The van der Waals surface area contributed by atoms with Crippen molar-refractivity contribution < 1.29 is 9.34 Å². The minimum absolute atomic E-state index is 0.0254. The lowest BCUT2D eigenvalue weighted by atomic mass is 10.2. The lowest BCUT2D eigenvalue weighted by Gasteiger charge is -1.95. The van der Waals surface area contributed by atoms with Crippen molar-refractivity contribution in [1.82, 2.24) is 4.98 Å². The number of aryl methyl sites for hydroxylation is 1. The Morgan fingerprint density at radius 1 is 1.25 bits per heavy atom. The largest absolute Gasteiger partial charge is 0.436 e. The maximum Gasteiger partial charge on any atom is 0.272 e. The van der Waals surface area contributed by atoms with Gasteiger partial charge in [0.15, 0.2) is 5.58 Å². The third-order valence-electron chi connectivity index (χ3n) is 2.96. The summed E-state index contributed by atoms with van der Waals surface area (Å²) in [6, 6.07) is 10.7. The number of non-ortho nitro benzene ring substituents is 1. The van der Waals surface area contributed by atoms with Gasteiger partial charge in [0.1, 0.15) is 5.52 Å². The molecule has 1 heterocycles. The molecule has 0 amide bonds. The van der Waals surface area contributed by atoms with Crippen LogP contribution in [-0.4, -0.2) is 9.91 Å². The fourth-order valence-electron chi connectivity index (χ4n) is 2.00. The molecule has 0 N–H and O–H groups in total. The molecule has 1 aromatic heterocycles. The van der Waals surface area contributed by atoms with Crippen molar-refractivity contribution in [3.8, 4) is 11.5 Å². The van der Waals surface area contributed by atoms with Crippen molar-refractivity contribution >= 4 is 39.4 Å². The van der Waals surface area contributed by atoms with Gasteiger partial charge < -0.3 is 4.42 Å². The number of nitrogens with zero attached hydrogens (tertiary/aromatic N) is 2. The Hall–Kier alpha value is -1.96. The second-order valence-electron chi connectivity index (χ2n) is 4.39. The highest BCUT2D eigenvalue weighted by molar-refractivity contribution is 14.1. The van der Waals surface area contributed by atoms with Gasteiger partial charge in [0.2, 0.25) is 5.89 Å². The summed E-state index contributed by atoms with van der Waals surface area (Å²) < 4.78 is 6.84. The van der Waals surface area contributed by atoms with Crippen LogP contribution in [0.2, 0.25) is 0 Å². The summed E-state index contributed by atoms with van der Waals surface area (Å²) in [5, 5.41) is 10.9. The molecule has 0 spiro atoms. The van der Waals surface area contributed by atoms with Crippen molar-refractivity contribution in [2.75, 3.05) is 0 Å². The SMILES string of the molecule is Cc1cc([N+](=O)[O-])cc2nc(-c3ccc(I)cc3)oc12. The molecule has 5 nitrogen and oxygen atoms in total. The standard InChI is InChI=1S/C14H9IN2O3/c1-8-6-11(17(18)19)7-12-13(8)20-14(16-12)9-2-4-10(15)5-3-9/h2-7H,1H3. The molecule has 0 bridgehead atoms. The number of nitro benzene ring substituents is 1. The average Bonchev–Trinajstić information content (AvgIpc) is 2.84. The Kier molecular flexibility index (Phi) is 3.17. The van der Waals surface area contributed by atoms with Crippen molar-refractivity contribution in [2.45, 2.75) is 6.92 Å². The van der Waals surface area contributed by atoms with E-state index < -0.39 is 4.92 Å². The van der Waals surface area contributed by atoms with E-state index in [0.717, 1.165) is 9.13 Å². The Morgan fingerprint density at radius 2 is 1.95 bits per heavy atom. The molecule has 0 saturated carbocycles. The minimum atomic E-state index is -0.425. The molecule has 0 aliphatic heterocycles. The molecular formula is C14H9IN2O3. The smallest absolute Gasteiger partial charge is 0.272 e. The number of hydrogen-bond acceptors (Lipinski definition) is 4. The van der Waals surface area contributed by atoms with E-state index in [2.05, 4.69) is 27.6 Å². The van der Waals surface area contributed by atoms with Crippen LogP contribution in [0.1, 0.15) is 5.56 Å². The van der Waals surface area contributed by atoms with Crippen LogP contribution in [0.4, 0.5) is 5.69 Å². The fraction of sp³-hybridized carbons (Fsp3) is 0.0714. The number of rotatable bonds is 2. The summed E-state index contributed by atoms with van der Waals surface area (Å²) >= 11 is 2.22. The van der Waals surface area contributed by atoms with E-state index in [0.29, 0.717) is 22.6 Å². The highest BCUT2D eigenvalue weighted by atomic mass is 127. The van der Waals surface area contributed by atoms with Gasteiger partial charge in [-0.05, 0) is 53.8 Å². The van der Waals surface area contributed by atoms with E-state index in [9.17, 15) is 10.1 Å². The Morgan fingerprint density at radius 3 is 2.60 bits per heavy atom. The average molecular weight is 380 g/mol. The first-order valence-corrected chi connectivity index (χ1v) is 6.94. The summed E-state index contributed by atoms with van der Waals surface area (Å²) in [6.45, 7) is 1.78. The molecular weight excluding hydrogens is 371 g/mol. The zero-order chi connectivity index (χ0) is 14.3. The van der Waals surface area contributed by atoms with Crippen LogP contribution in [0.5, 0.6) is 0 Å². The maximum absolute atomic E-state index is 10.9. The van der Waals surface area contributed by atoms with Crippen LogP contribution < -0.4 is 0 Å². The van der Waals surface area contributed by atoms with E-state index in [1.165, 1.54) is 12.1 Å². The molecule has 0 radical (unpaired) electrons. The van der Waals surface area contributed by atoms with E-state index in [-0.39, 0.29) is 5.69 Å². The lowest BCUT2D eigenvalue weighted by molar-refractivity contribution is -0.384. The summed E-state index contributed by atoms with van der Waals surface area (Å²) in [4.78, 5) is 14.8. The number of halogens is 1. The van der Waals surface area contributed by atoms with Crippen molar-refractivity contribution in [2.24, 2.45) is 0 Å². The molecule has 0 saturated heterocycles. The molecule has 3 rings (SSSR count). The first-order chi connectivity index (χ1) is 9.54. The Bertz CT molecular complexity index is 809. The van der Waals surface area contributed by atoms with Crippen LogP contribution in [-0.2, 0) is 0 Å². The topological polar surface area (TPSA) is 69.2 Å². The van der Waals surface area contributed by atoms with Gasteiger partial charge in [-0.3, -0.25) is 10.1 Å². The van der Waals surface area contributed by atoms with Crippen LogP contribution in [0, 0.1) is 20.6 Å². The van der Waals surface area contributed by atoms with Gasteiger partial charge in [-0.1, -0.05) is 0 Å². The number of fused-ring (bicyclic) bond motifs is 1. The van der Waals surface area contributed by atoms with Crippen molar-refractivity contribution in [3.63, 3.8) is 0 Å². The monoisotopic (exact) mass is 380 g/mol. The van der Waals surface area contributed by atoms with Crippen LogP contribution in [0.15, 0.2) is 40.8 Å². The molecule has 0 aliphatic rings. The first-order valence-electron chi connectivity index (χ1n) is 5.86. The Labute approximate surface area is 127 Å². The van der Waals surface area contributed by atoms with Crippen LogP contribution in [0.3, 0.4) is 0 Å². The minimum Gasteiger partial charge on any atom is -0.436 e. The first kappa shape index (κ1) is 13.0. The predicted octanol–water partition coefficient (Wildman–Crippen LogP) is 4.32. The number of hydrogen-bond donors (Lipinski definition) is 0. The summed E-state index contributed by atoms with van der Waals surface area (Å²) in [6.07, 6.45) is 0. The predicted molar refractivity (Wildman–Crippen MR) is 83.6 cm³/mol. The molecule has 3 aromatic rings. The van der Waals surface area contributed by atoms with E-state index in [1.807, 2.05) is 24.3 Å². The third kappa shape index (κ3) is 2.26. The molecule has 0 atom stereocenters.